The molecule has 3 N–H and O–H groups in total. The number of hydrogen-bond donors (Lipinski definition) is 3. The second kappa shape index (κ2) is 9.74. The smallest absolute Gasteiger partial charge is 0.270 e. The summed E-state index contributed by atoms with van der Waals surface area (Å²) >= 11 is 1.62. The van der Waals surface area contributed by atoms with Crippen LogP contribution in [0.15, 0.2) is 60.8 Å². The Balaban J connectivity index is 1.54. The van der Waals surface area contributed by atoms with E-state index in [1.165, 1.54) is 0 Å². The highest BCUT2D eigenvalue weighted by molar-refractivity contribution is 7.98. The summed E-state index contributed by atoms with van der Waals surface area (Å²) in [4.78, 5) is 33.5. The molecule has 7 nitrogen and oxygen atoms in total. The van der Waals surface area contributed by atoms with E-state index >= 15 is 0 Å². The Morgan fingerprint density at radius 2 is 1.94 bits per heavy atom. The highest BCUT2D eigenvalue weighted by Gasteiger charge is 2.22. The molecule has 1 atom stereocenters. The monoisotopic (exact) mass is 448 g/mol. The van der Waals surface area contributed by atoms with Gasteiger partial charge in [-0.2, -0.15) is 11.8 Å². The number of para-hydroxylation sites is 1. The van der Waals surface area contributed by atoms with Crippen LogP contribution in [0.1, 0.15) is 16.9 Å². The van der Waals surface area contributed by atoms with Crippen LogP contribution in [0.25, 0.3) is 21.8 Å². The van der Waals surface area contributed by atoms with Crippen molar-refractivity contribution in [1.82, 2.24) is 15.3 Å². The number of nitrogens with one attached hydrogen (secondary N) is 3. The van der Waals surface area contributed by atoms with E-state index in [0.717, 1.165) is 27.6 Å². The van der Waals surface area contributed by atoms with E-state index in [1.807, 2.05) is 30.5 Å². The fourth-order valence-corrected chi connectivity index (χ4v) is 4.01. The second-order valence-electron chi connectivity index (χ2n) is 7.31. The lowest BCUT2D eigenvalue weighted by Gasteiger charge is -2.18. The van der Waals surface area contributed by atoms with Crippen LogP contribution in [0.2, 0.25) is 0 Å². The van der Waals surface area contributed by atoms with Gasteiger partial charge in [0.2, 0.25) is 5.91 Å². The number of carbonyl (C=O) groups is 2. The largest absolute Gasteiger partial charge is 0.497 e. The molecule has 0 bridgehead atoms. The first-order valence-electron chi connectivity index (χ1n) is 10.2. The highest BCUT2D eigenvalue weighted by atomic mass is 32.2. The van der Waals surface area contributed by atoms with E-state index in [0.29, 0.717) is 17.9 Å². The Labute approximate surface area is 189 Å². The fourth-order valence-electron chi connectivity index (χ4n) is 3.54. The molecule has 0 spiro atoms. The third-order valence-corrected chi connectivity index (χ3v) is 5.84. The summed E-state index contributed by atoms with van der Waals surface area (Å²) in [6, 6.07) is 16.1. The number of methoxy groups -OCH3 is 1. The van der Waals surface area contributed by atoms with Gasteiger partial charge in [-0.1, -0.05) is 24.3 Å². The molecule has 2 heterocycles. The molecule has 1 unspecified atom stereocenters. The minimum absolute atomic E-state index is 0.269. The molecule has 164 valence electrons. The molecule has 2 amide bonds. The molecule has 0 aliphatic heterocycles. The van der Waals surface area contributed by atoms with Gasteiger partial charge in [0.1, 0.15) is 17.5 Å². The van der Waals surface area contributed by atoms with Crippen molar-refractivity contribution in [2.45, 2.75) is 12.5 Å². The van der Waals surface area contributed by atoms with Gasteiger partial charge in [0.25, 0.3) is 5.91 Å². The molecular formula is C24H24N4O3S. The van der Waals surface area contributed by atoms with Crippen LogP contribution in [0.5, 0.6) is 5.75 Å². The molecule has 0 aliphatic carbocycles. The van der Waals surface area contributed by atoms with Crippen molar-refractivity contribution in [2.75, 3.05) is 24.4 Å². The molecule has 0 aliphatic rings. The third kappa shape index (κ3) is 4.70. The summed E-state index contributed by atoms with van der Waals surface area (Å²) in [5, 5.41) is 7.66. The Hall–Kier alpha value is -3.52. The second-order valence-corrected chi connectivity index (χ2v) is 8.30. The molecule has 4 rings (SSSR count). The predicted octanol–water partition coefficient (Wildman–Crippen LogP) is 4.21. The minimum Gasteiger partial charge on any atom is -0.497 e. The van der Waals surface area contributed by atoms with Crippen molar-refractivity contribution >= 4 is 51.1 Å². The van der Waals surface area contributed by atoms with Crippen LogP contribution in [0.3, 0.4) is 0 Å². The van der Waals surface area contributed by atoms with Crippen molar-refractivity contribution in [1.29, 1.82) is 0 Å². The van der Waals surface area contributed by atoms with Crippen molar-refractivity contribution < 1.29 is 14.3 Å². The first-order chi connectivity index (χ1) is 15.6. The summed E-state index contributed by atoms with van der Waals surface area (Å²) < 4.78 is 5.21. The van der Waals surface area contributed by atoms with Gasteiger partial charge in [-0.15, -0.1) is 0 Å². The number of H-pyrrole nitrogens is 1. The Kier molecular flexibility index (Phi) is 6.61. The Morgan fingerprint density at radius 3 is 2.75 bits per heavy atom. The average molecular weight is 449 g/mol. The number of anilines is 1. The number of carbonyl (C=O) groups excluding carboxylic acids is 2. The maximum Gasteiger partial charge on any atom is 0.270 e. The van der Waals surface area contributed by atoms with Gasteiger partial charge in [-0.3, -0.25) is 9.59 Å². The van der Waals surface area contributed by atoms with Crippen LogP contribution in [-0.2, 0) is 4.79 Å². The minimum atomic E-state index is -0.693. The SMILES string of the molecule is COc1cccc(NC(=O)C(CCSC)NC(=O)c2cc3c(cn2)[nH]c2ccccc23)c1. The highest BCUT2D eigenvalue weighted by Crippen LogP contribution is 2.25. The standard InChI is InChI=1S/C24H24N4O3S/c1-31-16-7-5-6-15(12-16)26-23(29)20(10-11-32-2)28-24(30)21-13-18-17-8-3-4-9-19(17)27-22(18)14-25-21/h3-9,12-14,20,27H,10-11H2,1-2H3,(H,26,29)(H,28,30). The molecule has 8 heteroatoms. The quantitative estimate of drug-likeness (QED) is 0.375. The number of fused-ring (bicyclic) bond motifs is 3. The van der Waals surface area contributed by atoms with Gasteiger partial charge in [-0.25, -0.2) is 4.98 Å². The van der Waals surface area contributed by atoms with Crippen LogP contribution >= 0.6 is 11.8 Å². The van der Waals surface area contributed by atoms with Crippen LogP contribution < -0.4 is 15.4 Å². The summed E-state index contributed by atoms with van der Waals surface area (Å²) in [6.45, 7) is 0. The molecule has 2 aromatic heterocycles. The zero-order valence-electron chi connectivity index (χ0n) is 17.8. The molecular weight excluding hydrogens is 424 g/mol. The number of pyridine rings is 1. The van der Waals surface area contributed by atoms with E-state index < -0.39 is 6.04 Å². The summed E-state index contributed by atoms with van der Waals surface area (Å²) in [7, 11) is 1.57. The van der Waals surface area contributed by atoms with Crippen molar-refractivity contribution in [3.8, 4) is 5.75 Å². The topological polar surface area (TPSA) is 96.1 Å². The fraction of sp³-hybridized carbons (Fsp3) is 0.208. The van der Waals surface area contributed by atoms with Crippen molar-refractivity contribution in [3.63, 3.8) is 0 Å². The average Bonchev–Trinajstić information content (AvgIpc) is 3.19. The van der Waals surface area contributed by atoms with Crippen molar-refractivity contribution in [2.24, 2.45) is 0 Å². The molecule has 0 saturated carbocycles. The number of nitrogens with zero attached hydrogens (tertiary/aromatic N) is 1. The van der Waals surface area contributed by atoms with Gasteiger partial charge in [0.05, 0.1) is 18.8 Å². The van der Waals surface area contributed by atoms with Crippen LogP contribution in [-0.4, -0.2) is 46.9 Å². The predicted molar refractivity (Wildman–Crippen MR) is 129 cm³/mol. The van der Waals surface area contributed by atoms with Crippen LogP contribution in [0.4, 0.5) is 5.69 Å². The normalized spacial score (nSPS) is 11.9. The van der Waals surface area contributed by atoms with Crippen molar-refractivity contribution in [3.05, 3.63) is 66.5 Å². The number of hydrogen-bond acceptors (Lipinski definition) is 5. The molecule has 2 aromatic carbocycles. The van der Waals surface area contributed by atoms with Gasteiger partial charge in [0.15, 0.2) is 0 Å². The first-order valence-corrected chi connectivity index (χ1v) is 11.6. The summed E-state index contributed by atoms with van der Waals surface area (Å²) in [6.07, 6.45) is 4.11. The summed E-state index contributed by atoms with van der Waals surface area (Å²) in [5.41, 5.74) is 2.72. The number of ether oxygens (including phenoxy) is 1. The lowest BCUT2D eigenvalue weighted by Crippen LogP contribution is -2.44. The Bertz CT molecular complexity index is 1270. The zero-order valence-corrected chi connectivity index (χ0v) is 18.7. The summed E-state index contributed by atoms with van der Waals surface area (Å²) in [5.74, 6) is 0.701. The molecule has 4 aromatic rings. The molecule has 0 radical (unpaired) electrons. The third-order valence-electron chi connectivity index (χ3n) is 5.19. The van der Waals surface area contributed by atoms with E-state index in [-0.39, 0.29) is 17.5 Å². The van der Waals surface area contributed by atoms with Gasteiger partial charge < -0.3 is 20.4 Å². The number of rotatable bonds is 8. The van der Waals surface area contributed by atoms with E-state index in [1.54, 1.807) is 55.4 Å². The van der Waals surface area contributed by atoms with E-state index in [4.69, 9.17) is 4.74 Å². The number of amides is 2. The van der Waals surface area contributed by atoms with Gasteiger partial charge >= 0.3 is 0 Å². The Morgan fingerprint density at radius 1 is 1.09 bits per heavy atom. The first kappa shape index (κ1) is 21.7. The number of aromatic nitrogens is 2. The lowest BCUT2D eigenvalue weighted by molar-refractivity contribution is -0.118. The molecule has 0 fully saturated rings. The van der Waals surface area contributed by atoms with Gasteiger partial charge in [0, 0.05) is 28.0 Å². The van der Waals surface area contributed by atoms with Gasteiger partial charge in [-0.05, 0) is 42.7 Å². The number of thioether (sulfide) groups is 1. The molecule has 32 heavy (non-hydrogen) atoms. The number of aromatic amines is 1. The van der Waals surface area contributed by atoms with Crippen LogP contribution in [0, 0.1) is 0 Å². The molecule has 0 saturated heterocycles. The maximum absolute atomic E-state index is 13.0. The van der Waals surface area contributed by atoms with E-state index in [2.05, 4.69) is 20.6 Å². The number of benzene rings is 2. The maximum atomic E-state index is 13.0. The lowest BCUT2D eigenvalue weighted by atomic mass is 10.1. The zero-order chi connectivity index (χ0) is 22.5. The van der Waals surface area contributed by atoms with E-state index in [9.17, 15) is 9.59 Å².